The molecule has 0 saturated heterocycles. The van der Waals surface area contributed by atoms with Gasteiger partial charge in [-0.2, -0.15) is 0 Å². The van der Waals surface area contributed by atoms with Crippen LogP contribution in [0.15, 0.2) is 17.3 Å². The third-order valence-electron chi connectivity index (χ3n) is 2.04. The highest BCUT2D eigenvalue weighted by atomic mass is 19.1. The lowest BCUT2D eigenvalue weighted by Gasteiger charge is -2.17. The standard InChI is InChI=1S/C9H7F2NO2/c10-6-1-5-3-14-4-8(12-13)9(5)7(11)2-6/h1-2,13H,3-4H2. The van der Waals surface area contributed by atoms with Gasteiger partial charge in [0.1, 0.15) is 17.3 Å². The summed E-state index contributed by atoms with van der Waals surface area (Å²) in [6.45, 7) is 0.162. The Balaban J connectivity index is 2.63. The Kier molecular flexibility index (Phi) is 2.17. The Bertz CT molecular complexity index is 404. The fourth-order valence-electron chi connectivity index (χ4n) is 1.47. The molecule has 0 amide bonds. The summed E-state index contributed by atoms with van der Waals surface area (Å²) in [6.07, 6.45) is 0. The maximum Gasteiger partial charge on any atom is 0.135 e. The minimum Gasteiger partial charge on any atom is -0.411 e. The number of hydrogen-bond acceptors (Lipinski definition) is 3. The summed E-state index contributed by atoms with van der Waals surface area (Å²) in [5, 5.41) is 11.5. The highest BCUT2D eigenvalue weighted by Crippen LogP contribution is 2.21. The fraction of sp³-hybridized carbons (Fsp3) is 0.222. The molecule has 3 nitrogen and oxygen atoms in total. The molecule has 0 radical (unpaired) electrons. The molecule has 0 aromatic heterocycles. The third-order valence-corrected chi connectivity index (χ3v) is 2.04. The molecule has 5 heteroatoms. The predicted molar refractivity (Wildman–Crippen MR) is 44.3 cm³/mol. The van der Waals surface area contributed by atoms with Crippen LogP contribution in [0.25, 0.3) is 0 Å². The Labute approximate surface area is 78.6 Å². The molecule has 2 rings (SSSR count). The van der Waals surface area contributed by atoms with Gasteiger partial charge < -0.3 is 9.94 Å². The molecule has 14 heavy (non-hydrogen) atoms. The van der Waals surface area contributed by atoms with Crippen molar-refractivity contribution in [2.75, 3.05) is 6.61 Å². The van der Waals surface area contributed by atoms with Gasteiger partial charge in [-0.05, 0) is 11.6 Å². The molecule has 0 saturated carbocycles. The number of hydrogen-bond donors (Lipinski definition) is 1. The van der Waals surface area contributed by atoms with Gasteiger partial charge in [0.15, 0.2) is 0 Å². The summed E-state index contributed by atoms with van der Waals surface area (Å²) in [7, 11) is 0. The quantitative estimate of drug-likeness (QED) is 0.510. The van der Waals surface area contributed by atoms with Crippen molar-refractivity contribution in [3.63, 3.8) is 0 Å². The van der Waals surface area contributed by atoms with E-state index < -0.39 is 11.6 Å². The fourth-order valence-corrected chi connectivity index (χ4v) is 1.47. The van der Waals surface area contributed by atoms with E-state index in [4.69, 9.17) is 9.94 Å². The normalized spacial score (nSPS) is 18.3. The van der Waals surface area contributed by atoms with E-state index in [1.54, 1.807) is 0 Å². The van der Waals surface area contributed by atoms with Crippen molar-refractivity contribution in [3.05, 3.63) is 34.9 Å². The molecule has 1 aliphatic rings. The summed E-state index contributed by atoms with van der Waals surface area (Å²) in [4.78, 5) is 0. The zero-order valence-electron chi connectivity index (χ0n) is 7.13. The first-order valence-electron chi connectivity index (χ1n) is 3.99. The van der Waals surface area contributed by atoms with E-state index in [1.165, 1.54) is 6.07 Å². The van der Waals surface area contributed by atoms with Gasteiger partial charge in [0, 0.05) is 11.6 Å². The molecule has 1 aromatic rings. The van der Waals surface area contributed by atoms with Crippen molar-refractivity contribution in [2.24, 2.45) is 5.16 Å². The van der Waals surface area contributed by atoms with Crippen LogP contribution in [0.5, 0.6) is 0 Å². The summed E-state index contributed by atoms with van der Waals surface area (Å²) in [5.74, 6) is -1.39. The van der Waals surface area contributed by atoms with Crippen LogP contribution in [0.4, 0.5) is 8.78 Å². The molecule has 0 unspecified atom stereocenters. The van der Waals surface area contributed by atoms with Gasteiger partial charge >= 0.3 is 0 Å². The minimum absolute atomic E-state index is 0.0338. The number of halogens is 2. The first-order valence-corrected chi connectivity index (χ1v) is 3.99. The second-order valence-electron chi connectivity index (χ2n) is 2.96. The van der Waals surface area contributed by atoms with Gasteiger partial charge in [0.05, 0.1) is 13.2 Å². The Hall–Kier alpha value is -1.49. The SMILES string of the molecule is ON=C1COCc2cc(F)cc(F)c21. The molecule has 74 valence electrons. The zero-order valence-corrected chi connectivity index (χ0v) is 7.13. The lowest BCUT2D eigenvalue weighted by Crippen LogP contribution is -2.21. The first-order chi connectivity index (χ1) is 6.72. The second kappa shape index (κ2) is 3.34. The smallest absolute Gasteiger partial charge is 0.135 e. The van der Waals surface area contributed by atoms with Gasteiger partial charge in [-0.15, -0.1) is 0 Å². The van der Waals surface area contributed by atoms with E-state index in [1.807, 2.05) is 0 Å². The number of rotatable bonds is 0. The average molecular weight is 199 g/mol. The van der Waals surface area contributed by atoms with Gasteiger partial charge in [0.25, 0.3) is 0 Å². The molecule has 1 N–H and O–H groups in total. The monoisotopic (exact) mass is 199 g/mol. The van der Waals surface area contributed by atoms with E-state index in [0.29, 0.717) is 5.56 Å². The second-order valence-corrected chi connectivity index (χ2v) is 2.96. The molecular formula is C9H7F2NO2. The van der Waals surface area contributed by atoms with Crippen molar-refractivity contribution in [3.8, 4) is 0 Å². The van der Waals surface area contributed by atoms with Crippen molar-refractivity contribution in [1.29, 1.82) is 0 Å². The average Bonchev–Trinajstić information content (AvgIpc) is 2.16. The molecule has 0 fully saturated rings. The maximum atomic E-state index is 13.3. The number of benzene rings is 1. The Morgan fingerprint density at radius 3 is 2.79 bits per heavy atom. The van der Waals surface area contributed by atoms with Gasteiger partial charge in [-0.25, -0.2) is 8.78 Å². The van der Waals surface area contributed by atoms with E-state index in [-0.39, 0.29) is 24.5 Å². The Morgan fingerprint density at radius 1 is 1.29 bits per heavy atom. The van der Waals surface area contributed by atoms with Crippen molar-refractivity contribution in [1.82, 2.24) is 0 Å². The highest BCUT2D eigenvalue weighted by Gasteiger charge is 2.21. The van der Waals surface area contributed by atoms with Crippen LogP contribution < -0.4 is 0 Å². The lowest BCUT2D eigenvalue weighted by molar-refractivity contribution is 0.147. The van der Waals surface area contributed by atoms with Gasteiger partial charge in [-0.3, -0.25) is 0 Å². The number of nitrogens with zero attached hydrogens (tertiary/aromatic N) is 1. The van der Waals surface area contributed by atoms with Gasteiger partial charge in [-0.1, -0.05) is 5.16 Å². The molecule has 1 aromatic carbocycles. The van der Waals surface area contributed by atoms with E-state index >= 15 is 0 Å². The first kappa shape index (κ1) is 9.08. The molecule has 1 aliphatic heterocycles. The number of oxime groups is 1. The third kappa shape index (κ3) is 1.35. The summed E-state index contributed by atoms with van der Waals surface area (Å²) in [6, 6.07) is 1.93. The topological polar surface area (TPSA) is 41.8 Å². The van der Waals surface area contributed by atoms with E-state index in [2.05, 4.69) is 5.16 Å². The van der Waals surface area contributed by atoms with Crippen LogP contribution in [-0.2, 0) is 11.3 Å². The lowest BCUT2D eigenvalue weighted by atomic mass is 10.0. The van der Waals surface area contributed by atoms with Crippen molar-refractivity contribution >= 4 is 5.71 Å². The van der Waals surface area contributed by atoms with E-state index in [0.717, 1.165) is 6.07 Å². The number of ether oxygens (including phenoxy) is 1. The minimum atomic E-state index is -0.726. The highest BCUT2D eigenvalue weighted by molar-refractivity contribution is 6.03. The molecule has 1 heterocycles. The summed E-state index contributed by atoms with van der Waals surface area (Å²) < 4.78 is 31.1. The molecule has 0 bridgehead atoms. The summed E-state index contributed by atoms with van der Waals surface area (Å²) in [5.41, 5.74) is 0.588. The van der Waals surface area contributed by atoms with Crippen molar-refractivity contribution in [2.45, 2.75) is 6.61 Å². The van der Waals surface area contributed by atoms with Crippen LogP contribution >= 0.6 is 0 Å². The number of fused-ring (bicyclic) bond motifs is 1. The van der Waals surface area contributed by atoms with E-state index in [9.17, 15) is 8.78 Å². The summed E-state index contributed by atoms with van der Waals surface area (Å²) >= 11 is 0. The van der Waals surface area contributed by atoms with Crippen LogP contribution in [0.1, 0.15) is 11.1 Å². The predicted octanol–water partition coefficient (Wildman–Crippen LogP) is 1.67. The molecule has 0 atom stereocenters. The Morgan fingerprint density at radius 2 is 2.07 bits per heavy atom. The van der Waals surface area contributed by atoms with Crippen molar-refractivity contribution < 1.29 is 18.7 Å². The largest absolute Gasteiger partial charge is 0.411 e. The van der Waals surface area contributed by atoms with Crippen LogP contribution in [-0.4, -0.2) is 17.5 Å². The van der Waals surface area contributed by atoms with Crippen LogP contribution in [0, 0.1) is 11.6 Å². The van der Waals surface area contributed by atoms with Crippen LogP contribution in [0.2, 0.25) is 0 Å². The zero-order chi connectivity index (χ0) is 10.1. The van der Waals surface area contributed by atoms with Gasteiger partial charge in [0.2, 0.25) is 0 Å². The maximum absolute atomic E-state index is 13.3. The molecule has 0 aliphatic carbocycles. The molecular weight excluding hydrogens is 192 g/mol. The van der Waals surface area contributed by atoms with Crippen LogP contribution in [0.3, 0.4) is 0 Å². The molecule has 0 spiro atoms.